The Balaban J connectivity index is 1.52. The lowest BCUT2D eigenvalue weighted by Gasteiger charge is -2.46. The molecule has 234 valence electrons. The van der Waals surface area contributed by atoms with Crippen LogP contribution in [0.4, 0.5) is 10.6 Å². The second-order valence-electron chi connectivity index (χ2n) is 12.0. The molecule has 2 aromatic carbocycles. The van der Waals surface area contributed by atoms with Gasteiger partial charge in [-0.2, -0.15) is 9.28 Å². The summed E-state index contributed by atoms with van der Waals surface area (Å²) in [7, 11) is -3.78. The van der Waals surface area contributed by atoms with Crippen LogP contribution in [0, 0.1) is 5.92 Å². The number of H-pyrrole nitrogens is 2. The maximum atomic E-state index is 14.7. The second-order valence-corrected chi connectivity index (χ2v) is 14.2. The quantitative estimate of drug-likeness (QED) is 0.199. The first-order valence-corrected chi connectivity index (χ1v) is 16.7. The molecule has 2 amide bonds. The minimum Gasteiger partial charge on any atom is -0.415 e. The van der Waals surface area contributed by atoms with Gasteiger partial charge in [0.15, 0.2) is 15.5 Å². The molecule has 5 aromatic rings. The Bertz CT molecular complexity index is 1940. The molecule has 12 heteroatoms. The van der Waals surface area contributed by atoms with Crippen LogP contribution in [0.25, 0.3) is 21.9 Å². The highest BCUT2D eigenvalue weighted by molar-refractivity contribution is 7.92. The zero-order chi connectivity index (χ0) is 31.8. The average Bonchev–Trinajstić information content (AvgIpc) is 3.71. The van der Waals surface area contributed by atoms with Gasteiger partial charge in [0.2, 0.25) is 11.7 Å². The molecule has 1 fully saturated rings. The van der Waals surface area contributed by atoms with E-state index in [1.54, 1.807) is 49.6 Å². The molecule has 4 heterocycles. The van der Waals surface area contributed by atoms with Crippen molar-refractivity contribution >= 4 is 49.6 Å². The number of carbonyl (C=O) groups excluding carboxylic acids is 2. The number of pyridine rings is 1. The molecule has 1 saturated heterocycles. The fourth-order valence-electron chi connectivity index (χ4n) is 6.57. The molecule has 3 N–H and O–H groups in total. The zero-order valence-electron chi connectivity index (χ0n) is 25.4. The van der Waals surface area contributed by atoms with Crippen LogP contribution in [-0.2, 0) is 26.0 Å². The Morgan fingerprint density at radius 3 is 2.42 bits per heavy atom. The lowest BCUT2D eigenvalue weighted by molar-refractivity contribution is -0.127. The Morgan fingerprint density at radius 1 is 1.00 bits per heavy atom. The first-order chi connectivity index (χ1) is 21.6. The van der Waals surface area contributed by atoms with Crippen molar-refractivity contribution in [3.05, 3.63) is 84.7 Å². The van der Waals surface area contributed by atoms with E-state index in [2.05, 4.69) is 25.5 Å². The van der Waals surface area contributed by atoms with Gasteiger partial charge >= 0.3 is 6.09 Å². The number of hydrogen-bond donors (Lipinski definition) is 3. The third kappa shape index (κ3) is 5.48. The third-order valence-electron chi connectivity index (χ3n) is 8.82. The van der Waals surface area contributed by atoms with E-state index in [0.29, 0.717) is 22.4 Å². The van der Waals surface area contributed by atoms with Crippen LogP contribution in [0.3, 0.4) is 0 Å². The number of nitrogens with zero attached hydrogens (tertiary/aromatic N) is 3. The number of aromatic amines is 2. The number of sulfone groups is 1. The van der Waals surface area contributed by atoms with Gasteiger partial charge in [-0.05, 0) is 44.5 Å². The van der Waals surface area contributed by atoms with E-state index in [9.17, 15) is 18.0 Å². The fourth-order valence-corrected chi connectivity index (χ4v) is 8.36. The smallest absolute Gasteiger partial charge is 0.415 e. The predicted octanol–water partition coefficient (Wildman–Crippen LogP) is 5.25. The van der Waals surface area contributed by atoms with Crippen molar-refractivity contribution in [3.8, 4) is 0 Å². The van der Waals surface area contributed by atoms with Crippen LogP contribution in [-0.4, -0.2) is 64.5 Å². The number of benzene rings is 2. The van der Waals surface area contributed by atoms with Gasteiger partial charge in [-0.1, -0.05) is 48.5 Å². The predicted molar refractivity (Wildman–Crippen MR) is 172 cm³/mol. The molecule has 4 atom stereocenters. The Labute approximate surface area is 261 Å². The van der Waals surface area contributed by atoms with Crippen LogP contribution in [0.15, 0.2) is 84.0 Å². The number of ether oxygens (including phenoxy) is 1. The minimum atomic E-state index is -3.78. The van der Waals surface area contributed by atoms with Gasteiger partial charge in [-0.25, -0.2) is 18.4 Å². The van der Waals surface area contributed by atoms with E-state index in [0.717, 1.165) is 10.9 Å². The third-order valence-corrected chi connectivity index (χ3v) is 11.1. The number of aromatic nitrogens is 4. The topological polar surface area (TPSA) is 147 Å². The molecule has 3 aromatic heterocycles. The van der Waals surface area contributed by atoms with Crippen molar-refractivity contribution in [1.29, 1.82) is 0 Å². The maximum absolute atomic E-state index is 14.7. The molecule has 0 radical (unpaired) electrons. The number of hydrogen-bond acceptors (Lipinski definition) is 7. The number of carbonyl (C=O) groups is 2. The molecular weight excluding hydrogens is 592 g/mol. The van der Waals surface area contributed by atoms with Gasteiger partial charge < -0.3 is 10.1 Å². The summed E-state index contributed by atoms with van der Waals surface area (Å²) in [5, 5.41) is 9.97. The van der Waals surface area contributed by atoms with E-state index < -0.39 is 37.6 Å². The lowest BCUT2D eigenvalue weighted by atomic mass is 9.87. The molecule has 0 saturated carbocycles. The van der Waals surface area contributed by atoms with Crippen molar-refractivity contribution in [2.24, 2.45) is 5.92 Å². The normalized spacial score (nSPS) is 21.2. The summed E-state index contributed by atoms with van der Waals surface area (Å²) >= 11 is 0. The lowest BCUT2D eigenvalue weighted by Crippen LogP contribution is -2.69. The van der Waals surface area contributed by atoms with Crippen molar-refractivity contribution in [2.45, 2.75) is 62.4 Å². The van der Waals surface area contributed by atoms with E-state index in [4.69, 9.17) is 4.74 Å². The molecule has 45 heavy (non-hydrogen) atoms. The molecular formula is C33H37N6O5S+. The van der Waals surface area contributed by atoms with Crippen molar-refractivity contribution in [2.75, 3.05) is 6.54 Å². The van der Waals surface area contributed by atoms with Gasteiger partial charge in [-0.3, -0.25) is 15.0 Å². The number of piperidine rings is 1. The molecule has 0 aliphatic carbocycles. The van der Waals surface area contributed by atoms with Crippen molar-refractivity contribution in [1.82, 2.24) is 30.0 Å². The standard InChI is InChI=1S/C33H36N6O5S/c1-21(2)36-32(40)22(3)28-18-25(45(42,43)24-12-8-5-9-13-24)15-17-39(28,33(41)44-20-23-10-6-4-7-11-23)31-29-26-14-16-34-30(26)35-19-27(29)37-38-31/h4-14,16,19,21-22,25,28H,15,17-18,20H2,1-3H3,(H2-,34,35,36,37,38,40)/p+1. The van der Waals surface area contributed by atoms with E-state index in [1.165, 1.54) is 0 Å². The van der Waals surface area contributed by atoms with Gasteiger partial charge in [0.1, 0.15) is 12.6 Å². The van der Waals surface area contributed by atoms with Crippen LogP contribution < -0.4 is 9.80 Å². The summed E-state index contributed by atoms with van der Waals surface area (Å²) < 4.78 is 33.6. The van der Waals surface area contributed by atoms with Gasteiger partial charge in [-0.15, -0.1) is 0 Å². The van der Waals surface area contributed by atoms with E-state index in [1.807, 2.05) is 50.2 Å². The molecule has 1 aliphatic heterocycles. The van der Waals surface area contributed by atoms with Crippen LogP contribution in [0.1, 0.15) is 39.2 Å². The van der Waals surface area contributed by atoms with Crippen LogP contribution in [0.2, 0.25) is 0 Å². The SMILES string of the molecule is CC(C)NC(=O)C(C)C1CC(S(=O)(=O)c2ccccc2)CC[N+]1(C(=O)OCc1ccccc1)c1[nH][nH]c2cnc3nccc3c12. The summed E-state index contributed by atoms with van der Waals surface area (Å²) in [6, 6.07) is 18.6. The number of nitrogens with one attached hydrogen (secondary N) is 3. The van der Waals surface area contributed by atoms with Crippen molar-refractivity contribution < 1.29 is 22.7 Å². The summed E-state index contributed by atoms with van der Waals surface area (Å²) in [5.74, 6) is -0.556. The molecule has 6 rings (SSSR count). The number of rotatable bonds is 8. The highest BCUT2D eigenvalue weighted by Gasteiger charge is 2.58. The molecule has 4 unspecified atom stereocenters. The van der Waals surface area contributed by atoms with E-state index >= 15 is 0 Å². The second kappa shape index (κ2) is 12.1. The van der Waals surface area contributed by atoms with Gasteiger partial charge in [0.25, 0.3) is 0 Å². The summed E-state index contributed by atoms with van der Waals surface area (Å²) in [4.78, 5) is 37.4. The fraction of sp³-hybridized carbons (Fsp3) is 0.333. The average molecular weight is 630 g/mol. The summed E-state index contributed by atoms with van der Waals surface area (Å²) in [5.41, 5.74) is 1.97. The number of amides is 2. The number of fused-ring (bicyclic) bond motifs is 3. The first-order valence-electron chi connectivity index (χ1n) is 15.1. The highest BCUT2D eigenvalue weighted by Crippen LogP contribution is 2.44. The monoisotopic (exact) mass is 629 g/mol. The minimum absolute atomic E-state index is 0.0158. The Hall–Kier alpha value is -4.55. The van der Waals surface area contributed by atoms with E-state index in [-0.39, 0.29) is 42.8 Å². The maximum Gasteiger partial charge on any atom is 0.523 e. The first kappa shape index (κ1) is 30.5. The zero-order valence-corrected chi connectivity index (χ0v) is 26.3. The van der Waals surface area contributed by atoms with Crippen LogP contribution >= 0.6 is 0 Å². The Morgan fingerprint density at radius 2 is 1.71 bits per heavy atom. The van der Waals surface area contributed by atoms with Crippen LogP contribution in [0.5, 0.6) is 0 Å². The number of quaternary nitrogens is 1. The Kier molecular flexibility index (Phi) is 8.19. The molecule has 11 nitrogen and oxygen atoms in total. The summed E-state index contributed by atoms with van der Waals surface area (Å²) in [6.07, 6.45) is 2.94. The molecule has 0 spiro atoms. The van der Waals surface area contributed by atoms with Gasteiger partial charge in [0, 0.05) is 30.5 Å². The number of likely N-dealkylation sites (tertiary alicyclic amines) is 1. The summed E-state index contributed by atoms with van der Waals surface area (Å²) in [6.45, 7) is 5.58. The highest BCUT2D eigenvalue weighted by atomic mass is 32.2. The molecule has 0 bridgehead atoms. The van der Waals surface area contributed by atoms with Crippen molar-refractivity contribution in [3.63, 3.8) is 0 Å². The molecule has 1 aliphatic rings. The van der Waals surface area contributed by atoms with Gasteiger partial charge in [0.05, 0.1) is 39.7 Å². The largest absolute Gasteiger partial charge is 0.523 e.